The second kappa shape index (κ2) is 8.98. The van der Waals surface area contributed by atoms with Gasteiger partial charge in [0.1, 0.15) is 11.3 Å². The minimum absolute atomic E-state index is 0.0641. The van der Waals surface area contributed by atoms with Gasteiger partial charge in [0.05, 0.1) is 7.11 Å². The second-order valence-electron chi connectivity index (χ2n) is 7.61. The molecule has 0 atom stereocenters. The van der Waals surface area contributed by atoms with E-state index < -0.39 is 0 Å². The average Bonchev–Trinajstić information content (AvgIpc) is 3.21. The number of amides is 2. The fourth-order valence-corrected chi connectivity index (χ4v) is 3.54. The summed E-state index contributed by atoms with van der Waals surface area (Å²) in [6.07, 6.45) is 0. The maximum atomic E-state index is 13.1. The first-order chi connectivity index (χ1) is 15.5. The summed E-state index contributed by atoms with van der Waals surface area (Å²) in [7, 11) is 5.01. The lowest BCUT2D eigenvalue weighted by molar-refractivity contribution is 0.0827. The van der Waals surface area contributed by atoms with Crippen molar-refractivity contribution in [1.29, 1.82) is 0 Å². The number of hydrogen-bond donors (Lipinski definition) is 1. The molecule has 0 saturated heterocycles. The van der Waals surface area contributed by atoms with E-state index in [1.165, 1.54) is 4.90 Å². The maximum absolute atomic E-state index is 13.1. The molecule has 0 unspecified atom stereocenters. The monoisotopic (exact) mass is 428 g/mol. The zero-order valence-electron chi connectivity index (χ0n) is 18.2. The Morgan fingerprint density at radius 3 is 2.34 bits per heavy atom. The fourth-order valence-electron chi connectivity index (χ4n) is 3.54. The van der Waals surface area contributed by atoms with Crippen LogP contribution in [0.15, 0.2) is 77.2 Å². The first-order valence-electron chi connectivity index (χ1n) is 10.2. The Morgan fingerprint density at radius 2 is 1.69 bits per heavy atom. The van der Waals surface area contributed by atoms with Crippen LogP contribution in [-0.2, 0) is 6.54 Å². The fraction of sp³-hybridized carbons (Fsp3) is 0.154. The number of ether oxygens (including phenoxy) is 1. The van der Waals surface area contributed by atoms with Gasteiger partial charge in [0.15, 0.2) is 0 Å². The van der Waals surface area contributed by atoms with Crippen molar-refractivity contribution in [2.24, 2.45) is 0 Å². The average molecular weight is 428 g/mol. The molecule has 0 aliphatic heterocycles. The third-order valence-corrected chi connectivity index (χ3v) is 5.23. The van der Waals surface area contributed by atoms with Crippen molar-refractivity contribution in [3.8, 4) is 16.9 Å². The molecule has 6 heteroatoms. The summed E-state index contributed by atoms with van der Waals surface area (Å²) in [6.45, 7) is 0.309. The van der Waals surface area contributed by atoms with Crippen molar-refractivity contribution in [3.05, 3.63) is 89.7 Å². The summed E-state index contributed by atoms with van der Waals surface area (Å²) >= 11 is 0. The van der Waals surface area contributed by atoms with Crippen molar-refractivity contribution in [2.75, 3.05) is 21.2 Å². The predicted molar refractivity (Wildman–Crippen MR) is 124 cm³/mol. The van der Waals surface area contributed by atoms with Crippen LogP contribution in [-0.4, -0.2) is 37.9 Å². The van der Waals surface area contributed by atoms with Crippen LogP contribution < -0.4 is 10.1 Å². The molecule has 4 rings (SSSR count). The van der Waals surface area contributed by atoms with Crippen molar-refractivity contribution in [3.63, 3.8) is 0 Å². The van der Waals surface area contributed by atoms with Gasteiger partial charge in [-0.05, 0) is 35.4 Å². The summed E-state index contributed by atoms with van der Waals surface area (Å²) in [5.74, 6) is 0.530. The molecule has 4 aromatic rings. The molecule has 0 spiro atoms. The van der Waals surface area contributed by atoms with Crippen LogP contribution in [0, 0.1) is 0 Å². The maximum Gasteiger partial charge on any atom is 0.287 e. The zero-order chi connectivity index (χ0) is 22.7. The minimum Gasteiger partial charge on any atom is -0.497 e. The molecule has 2 amide bonds. The summed E-state index contributed by atoms with van der Waals surface area (Å²) in [5, 5.41) is 3.77. The quantitative estimate of drug-likeness (QED) is 0.482. The molecule has 0 aliphatic carbocycles. The molecule has 1 aromatic heterocycles. The van der Waals surface area contributed by atoms with Crippen LogP contribution in [0.25, 0.3) is 22.1 Å². The van der Waals surface area contributed by atoms with E-state index in [1.807, 2.05) is 54.6 Å². The number of benzene rings is 3. The molecule has 162 valence electrons. The number of furan rings is 1. The van der Waals surface area contributed by atoms with Gasteiger partial charge in [-0.1, -0.05) is 42.5 Å². The molecular weight excluding hydrogens is 404 g/mol. The molecule has 1 heterocycles. The van der Waals surface area contributed by atoms with Gasteiger partial charge < -0.3 is 19.4 Å². The van der Waals surface area contributed by atoms with E-state index in [0.717, 1.165) is 22.1 Å². The van der Waals surface area contributed by atoms with E-state index in [4.69, 9.17) is 9.15 Å². The van der Waals surface area contributed by atoms with E-state index in [9.17, 15) is 9.59 Å². The van der Waals surface area contributed by atoms with E-state index in [-0.39, 0.29) is 17.6 Å². The number of rotatable bonds is 6. The van der Waals surface area contributed by atoms with E-state index in [1.54, 1.807) is 39.4 Å². The molecule has 0 radical (unpaired) electrons. The molecule has 3 aromatic carbocycles. The number of nitrogens with zero attached hydrogens (tertiary/aromatic N) is 1. The van der Waals surface area contributed by atoms with Gasteiger partial charge >= 0.3 is 0 Å². The number of carbonyl (C=O) groups excluding carboxylic acids is 2. The number of methoxy groups -OCH3 is 1. The summed E-state index contributed by atoms with van der Waals surface area (Å²) < 4.78 is 11.3. The standard InChI is InChI=1S/C26H24N2O4/c1-28(2)26(30)19-11-9-17(10-12-19)16-27-25(29)24-23(18-7-5-4-6-8-18)21-14-13-20(31-3)15-22(21)32-24/h4-15H,16H2,1-3H3,(H,27,29). The van der Waals surface area contributed by atoms with Crippen molar-refractivity contribution in [2.45, 2.75) is 6.54 Å². The highest BCUT2D eigenvalue weighted by molar-refractivity contribution is 6.08. The van der Waals surface area contributed by atoms with E-state index in [0.29, 0.717) is 23.4 Å². The Bertz CT molecular complexity index is 1260. The van der Waals surface area contributed by atoms with Gasteiger partial charge in [0.2, 0.25) is 5.76 Å². The summed E-state index contributed by atoms with van der Waals surface area (Å²) in [4.78, 5) is 26.7. The van der Waals surface area contributed by atoms with E-state index >= 15 is 0 Å². The van der Waals surface area contributed by atoms with Gasteiger partial charge in [0.25, 0.3) is 11.8 Å². The predicted octanol–water partition coefficient (Wildman–Crippen LogP) is 4.74. The lowest BCUT2D eigenvalue weighted by Gasteiger charge is -2.11. The van der Waals surface area contributed by atoms with Crippen LogP contribution in [0.5, 0.6) is 5.75 Å². The van der Waals surface area contributed by atoms with Crippen molar-refractivity contribution >= 4 is 22.8 Å². The number of nitrogens with one attached hydrogen (secondary N) is 1. The molecule has 6 nitrogen and oxygen atoms in total. The number of carbonyl (C=O) groups is 2. The highest BCUT2D eigenvalue weighted by atomic mass is 16.5. The zero-order valence-corrected chi connectivity index (χ0v) is 18.2. The van der Waals surface area contributed by atoms with Crippen LogP contribution in [0.2, 0.25) is 0 Å². The molecular formula is C26H24N2O4. The van der Waals surface area contributed by atoms with Gasteiger partial charge in [0, 0.05) is 43.2 Å². The molecule has 0 fully saturated rings. The lowest BCUT2D eigenvalue weighted by atomic mass is 10.0. The topological polar surface area (TPSA) is 71.8 Å². The Kier molecular flexibility index (Phi) is 5.94. The minimum atomic E-state index is -0.313. The molecule has 0 aliphatic rings. The van der Waals surface area contributed by atoms with Crippen LogP contribution in [0.1, 0.15) is 26.5 Å². The van der Waals surface area contributed by atoms with Gasteiger partial charge in [-0.2, -0.15) is 0 Å². The molecule has 0 saturated carbocycles. The number of hydrogen-bond acceptors (Lipinski definition) is 4. The highest BCUT2D eigenvalue weighted by Crippen LogP contribution is 2.36. The Morgan fingerprint density at radius 1 is 0.969 bits per heavy atom. The third kappa shape index (κ3) is 4.21. The van der Waals surface area contributed by atoms with Crippen molar-refractivity contribution < 1.29 is 18.7 Å². The third-order valence-electron chi connectivity index (χ3n) is 5.23. The smallest absolute Gasteiger partial charge is 0.287 e. The van der Waals surface area contributed by atoms with Crippen LogP contribution in [0.4, 0.5) is 0 Å². The summed E-state index contributed by atoms with van der Waals surface area (Å²) in [6, 6.07) is 22.4. The van der Waals surface area contributed by atoms with Gasteiger partial charge in [-0.25, -0.2) is 0 Å². The largest absolute Gasteiger partial charge is 0.497 e. The summed E-state index contributed by atoms with van der Waals surface area (Å²) in [5.41, 5.74) is 3.70. The highest BCUT2D eigenvalue weighted by Gasteiger charge is 2.22. The Hall–Kier alpha value is -4.06. The van der Waals surface area contributed by atoms with Gasteiger partial charge in [-0.15, -0.1) is 0 Å². The second-order valence-corrected chi connectivity index (χ2v) is 7.61. The van der Waals surface area contributed by atoms with Crippen molar-refractivity contribution in [1.82, 2.24) is 10.2 Å². The Labute approximate surface area is 186 Å². The molecule has 32 heavy (non-hydrogen) atoms. The van der Waals surface area contributed by atoms with Gasteiger partial charge in [-0.3, -0.25) is 9.59 Å². The lowest BCUT2D eigenvalue weighted by Crippen LogP contribution is -2.23. The normalized spacial score (nSPS) is 10.7. The molecule has 1 N–H and O–H groups in total. The van der Waals surface area contributed by atoms with Crippen LogP contribution >= 0.6 is 0 Å². The molecule has 0 bridgehead atoms. The number of fused-ring (bicyclic) bond motifs is 1. The first kappa shape index (κ1) is 21.2. The first-order valence-corrected chi connectivity index (χ1v) is 10.2. The van der Waals surface area contributed by atoms with Crippen LogP contribution in [0.3, 0.4) is 0 Å². The SMILES string of the molecule is COc1ccc2c(-c3ccccc3)c(C(=O)NCc3ccc(C(=O)N(C)C)cc3)oc2c1. The van der Waals surface area contributed by atoms with E-state index in [2.05, 4.69) is 5.32 Å². The Balaban J connectivity index is 1.61.